The molecule has 1 saturated heterocycles. The van der Waals surface area contributed by atoms with Crippen LogP contribution in [0.4, 0.5) is 11.4 Å². The van der Waals surface area contributed by atoms with E-state index < -0.39 is 6.04 Å². The molecule has 4 rings (SSSR count). The summed E-state index contributed by atoms with van der Waals surface area (Å²) in [6.07, 6.45) is 0.133. The van der Waals surface area contributed by atoms with E-state index in [0.29, 0.717) is 11.4 Å². The summed E-state index contributed by atoms with van der Waals surface area (Å²) in [6.45, 7) is 0. The van der Waals surface area contributed by atoms with E-state index in [-0.39, 0.29) is 18.2 Å². The fourth-order valence-corrected chi connectivity index (χ4v) is 3.29. The van der Waals surface area contributed by atoms with E-state index in [1.54, 1.807) is 31.4 Å². The molecule has 1 aliphatic rings. The zero-order valence-electron chi connectivity index (χ0n) is 14.3. The predicted octanol–water partition coefficient (Wildman–Crippen LogP) is 3.59. The minimum absolute atomic E-state index is 0.133. The lowest BCUT2D eigenvalue weighted by Gasteiger charge is -2.17. The van der Waals surface area contributed by atoms with Crippen molar-refractivity contribution >= 4 is 34.0 Å². The number of imide groups is 1. The number of nitrogens with one attached hydrogen (secondary N) is 1. The standard InChI is InChI=1S/C21H18N2O3/c1-26-16-11-9-15(10-12-16)23-20(24)13-19(21(23)25)22-18-8-4-6-14-5-2-3-7-17(14)18/h2-12,19,22H,13H2,1H3/t19-/m0/s1. The Morgan fingerprint density at radius 2 is 1.69 bits per heavy atom. The normalized spacial score (nSPS) is 17.0. The van der Waals surface area contributed by atoms with Crippen LogP contribution in [0.3, 0.4) is 0 Å². The number of anilines is 2. The SMILES string of the molecule is COc1ccc(N2C(=O)C[C@H](Nc3cccc4ccccc34)C2=O)cc1. The van der Waals surface area contributed by atoms with E-state index in [0.717, 1.165) is 16.5 Å². The fraction of sp³-hybridized carbons (Fsp3) is 0.143. The van der Waals surface area contributed by atoms with Gasteiger partial charge in [0.25, 0.3) is 5.91 Å². The van der Waals surface area contributed by atoms with Crippen molar-refractivity contribution in [1.29, 1.82) is 0 Å². The van der Waals surface area contributed by atoms with E-state index in [1.165, 1.54) is 4.90 Å². The van der Waals surface area contributed by atoms with Crippen LogP contribution in [0.2, 0.25) is 0 Å². The molecule has 1 atom stereocenters. The first-order chi connectivity index (χ1) is 12.7. The van der Waals surface area contributed by atoms with Crippen molar-refractivity contribution < 1.29 is 14.3 Å². The van der Waals surface area contributed by atoms with Crippen LogP contribution in [-0.4, -0.2) is 25.0 Å². The maximum absolute atomic E-state index is 12.8. The van der Waals surface area contributed by atoms with Gasteiger partial charge in [-0.05, 0) is 35.7 Å². The maximum Gasteiger partial charge on any atom is 0.256 e. The monoisotopic (exact) mass is 346 g/mol. The van der Waals surface area contributed by atoms with Crippen LogP contribution in [0.25, 0.3) is 10.8 Å². The number of rotatable bonds is 4. The van der Waals surface area contributed by atoms with Crippen LogP contribution in [0, 0.1) is 0 Å². The number of nitrogens with zero attached hydrogens (tertiary/aromatic N) is 1. The molecule has 0 spiro atoms. The molecule has 5 heteroatoms. The number of hydrogen-bond acceptors (Lipinski definition) is 4. The largest absolute Gasteiger partial charge is 0.497 e. The lowest BCUT2D eigenvalue weighted by molar-refractivity contribution is -0.121. The summed E-state index contributed by atoms with van der Waals surface area (Å²) >= 11 is 0. The highest BCUT2D eigenvalue weighted by atomic mass is 16.5. The minimum Gasteiger partial charge on any atom is -0.497 e. The number of amides is 2. The summed E-state index contributed by atoms with van der Waals surface area (Å²) in [4.78, 5) is 26.5. The van der Waals surface area contributed by atoms with Gasteiger partial charge in [0.2, 0.25) is 5.91 Å². The molecule has 1 heterocycles. The van der Waals surface area contributed by atoms with E-state index >= 15 is 0 Å². The van der Waals surface area contributed by atoms with Crippen LogP contribution < -0.4 is 15.0 Å². The molecule has 3 aromatic rings. The Morgan fingerprint density at radius 1 is 0.962 bits per heavy atom. The second kappa shape index (κ2) is 6.52. The predicted molar refractivity (Wildman–Crippen MR) is 101 cm³/mol. The quantitative estimate of drug-likeness (QED) is 0.734. The molecule has 2 amide bonds. The molecular weight excluding hydrogens is 328 g/mol. The van der Waals surface area contributed by atoms with Crippen molar-refractivity contribution in [2.75, 3.05) is 17.3 Å². The topological polar surface area (TPSA) is 58.6 Å². The number of ether oxygens (including phenoxy) is 1. The summed E-state index contributed by atoms with van der Waals surface area (Å²) in [5, 5.41) is 5.36. The highest BCUT2D eigenvalue weighted by molar-refractivity contribution is 6.23. The molecule has 0 aromatic heterocycles. The summed E-state index contributed by atoms with van der Waals surface area (Å²) < 4.78 is 5.13. The number of carbonyl (C=O) groups is 2. The van der Waals surface area contributed by atoms with Gasteiger partial charge in [-0.2, -0.15) is 0 Å². The molecule has 0 unspecified atom stereocenters. The molecule has 0 bridgehead atoms. The third-order valence-corrected chi connectivity index (χ3v) is 4.60. The molecule has 1 aliphatic heterocycles. The molecule has 1 fully saturated rings. The fourth-order valence-electron chi connectivity index (χ4n) is 3.29. The van der Waals surface area contributed by atoms with Crippen LogP contribution >= 0.6 is 0 Å². The van der Waals surface area contributed by atoms with Gasteiger partial charge < -0.3 is 10.1 Å². The number of benzene rings is 3. The van der Waals surface area contributed by atoms with Gasteiger partial charge in [-0.25, -0.2) is 4.90 Å². The first kappa shape index (κ1) is 16.1. The maximum atomic E-state index is 12.8. The van der Waals surface area contributed by atoms with E-state index in [9.17, 15) is 9.59 Å². The Hall–Kier alpha value is -3.34. The van der Waals surface area contributed by atoms with Gasteiger partial charge in [0.1, 0.15) is 11.8 Å². The second-order valence-electron chi connectivity index (χ2n) is 6.19. The van der Waals surface area contributed by atoms with Crippen molar-refractivity contribution in [3.05, 3.63) is 66.7 Å². The lowest BCUT2D eigenvalue weighted by atomic mass is 10.1. The van der Waals surface area contributed by atoms with E-state index in [2.05, 4.69) is 5.32 Å². The molecule has 26 heavy (non-hydrogen) atoms. The van der Waals surface area contributed by atoms with E-state index in [1.807, 2.05) is 42.5 Å². The van der Waals surface area contributed by atoms with Crippen LogP contribution in [-0.2, 0) is 9.59 Å². The molecule has 3 aromatic carbocycles. The smallest absolute Gasteiger partial charge is 0.256 e. The first-order valence-electron chi connectivity index (χ1n) is 8.42. The Balaban J connectivity index is 1.60. The van der Waals surface area contributed by atoms with Gasteiger partial charge in [-0.1, -0.05) is 36.4 Å². The summed E-state index contributed by atoms with van der Waals surface area (Å²) in [5.74, 6) is 0.226. The third-order valence-electron chi connectivity index (χ3n) is 4.60. The van der Waals surface area contributed by atoms with Gasteiger partial charge in [0, 0.05) is 11.1 Å². The van der Waals surface area contributed by atoms with Crippen molar-refractivity contribution in [2.45, 2.75) is 12.5 Å². The minimum atomic E-state index is -0.574. The number of carbonyl (C=O) groups excluding carboxylic acids is 2. The average Bonchev–Trinajstić information content (AvgIpc) is 2.95. The van der Waals surface area contributed by atoms with Crippen LogP contribution in [0.5, 0.6) is 5.75 Å². The second-order valence-corrected chi connectivity index (χ2v) is 6.19. The highest BCUT2D eigenvalue weighted by Gasteiger charge is 2.39. The zero-order valence-corrected chi connectivity index (χ0v) is 14.3. The van der Waals surface area contributed by atoms with Gasteiger partial charge in [-0.15, -0.1) is 0 Å². The molecule has 0 saturated carbocycles. The van der Waals surface area contributed by atoms with Crippen LogP contribution in [0.15, 0.2) is 66.7 Å². The molecular formula is C21H18N2O3. The summed E-state index contributed by atoms with van der Waals surface area (Å²) in [5.41, 5.74) is 1.41. The average molecular weight is 346 g/mol. The number of methoxy groups -OCH3 is 1. The van der Waals surface area contributed by atoms with Crippen molar-refractivity contribution in [2.24, 2.45) is 0 Å². The van der Waals surface area contributed by atoms with Gasteiger partial charge >= 0.3 is 0 Å². The third kappa shape index (κ3) is 2.77. The molecule has 1 N–H and O–H groups in total. The van der Waals surface area contributed by atoms with Crippen molar-refractivity contribution in [3.63, 3.8) is 0 Å². The van der Waals surface area contributed by atoms with Crippen LogP contribution in [0.1, 0.15) is 6.42 Å². The van der Waals surface area contributed by atoms with Crippen molar-refractivity contribution in [1.82, 2.24) is 0 Å². The van der Waals surface area contributed by atoms with Gasteiger partial charge in [0.05, 0.1) is 19.2 Å². The van der Waals surface area contributed by atoms with Gasteiger partial charge in [-0.3, -0.25) is 9.59 Å². The zero-order chi connectivity index (χ0) is 18.1. The highest BCUT2D eigenvalue weighted by Crippen LogP contribution is 2.29. The van der Waals surface area contributed by atoms with Crippen molar-refractivity contribution in [3.8, 4) is 5.75 Å². The Kier molecular flexibility index (Phi) is 4.05. The Labute approximate surface area is 151 Å². The first-order valence-corrected chi connectivity index (χ1v) is 8.42. The van der Waals surface area contributed by atoms with Gasteiger partial charge in [0.15, 0.2) is 0 Å². The summed E-state index contributed by atoms with van der Waals surface area (Å²) in [7, 11) is 1.57. The lowest BCUT2D eigenvalue weighted by Crippen LogP contribution is -2.34. The molecule has 130 valence electrons. The Morgan fingerprint density at radius 3 is 2.46 bits per heavy atom. The summed E-state index contributed by atoms with van der Waals surface area (Å²) in [6, 6.07) is 20.2. The molecule has 5 nitrogen and oxygen atoms in total. The van der Waals surface area contributed by atoms with E-state index in [4.69, 9.17) is 4.74 Å². The molecule has 0 aliphatic carbocycles. The number of hydrogen-bond donors (Lipinski definition) is 1. The number of fused-ring (bicyclic) bond motifs is 1. The Bertz CT molecular complexity index is 977. The molecule has 0 radical (unpaired) electrons.